The Morgan fingerprint density at radius 1 is 0.733 bits per heavy atom. The Kier molecular flexibility index (Phi) is 11.1. The quantitative estimate of drug-likeness (QED) is 0.305. The molecule has 0 aromatic carbocycles. The van der Waals surface area contributed by atoms with Crippen LogP contribution in [0.5, 0.6) is 0 Å². The summed E-state index contributed by atoms with van der Waals surface area (Å²) >= 11 is 0. The molecule has 0 amide bonds. The first-order chi connectivity index (χ1) is 6.12. The van der Waals surface area contributed by atoms with Gasteiger partial charge in [0, 0.05) is 0 Å². The largest absolute Gasteiger partial charge is 0.412 e. The van der Waals surface area contributed by atoms with E-state index in [4.69, 9.17) is 11.1 Å². The SMILES string of the molecule is C[Si](C)(C)C=[N+]=[N-].C[Si](C)(C)C=[N+]=[N-].O. The van der Waals surface area contributed by atoms with Crippen molar-refractivity contribution >= 4 is 27.8 Å². The van der Waals surface area contributed by atoms with E-state index in [9.17, 15) is 0 Å². The Hall–Kier alpha value is -0.846. The van der Waals surface area contributed by atoms with Gasteiger partial charge >= 0.3 is 0 Å². The molecule has 5 nitrogen and oxygen atoms in total. The highest BCUT2D eigenvalue weighted by Crippen LogP contribution is 1.92. The van der Waals surface area contributed by atoms with Gasteiger partial charge in [-0.2, -0.15) is 9.58 Å². The first-order valence-corrected chi connectivity index (χ1v) is 11.6. The molecule has 0 saturated carbocycles. The predicted molar refractivity (Wildman–Crippen MR) is 69.7 cm³/mol. The van der Waals surface area contributed by atoms with Gasteiger partial charge in [0.25, 0.3) is 0 Å². The molecule has 0 rings (SSSR count). The normalized spacial score (nSPS) is 9.47. The minimum atomic E-state index is -1.20. The van der Waals surface area contributed by atoms with E-state index in [-0.39, 0.29) is 5.48 Å². The molecule has 2 N–H and O–H groups in total. The fourth-order valence-corrected chi connectivity index (χ4v) is 1.04. The van der Waals surface area contributed by atoms with Crippen molar-refractivity contribution in [3.05, 3.63) is 11.1 Å². The lowest BCUT2D eigenvalue weighted by molar-refractivity contribution is 0.00642. The van der Waals surface area contributed by atoms with Crippen LogP contribution >= 0.6 is 0 Å². The molecule has 0 fully saturated rings. The van der Waals surface area contributed by atoms with E-state index >= 15 is 0 Å². The van der Waals surface area contributed by atoms with Crippen molar-refractivity contribution in [2.45, 2.75) is 39.3 Å². The fourth-order valence-electron chi connectivity index (χ4n) is 0.346. The molecule has 0 atom stereocenters. The second-order valence-corrected chi connectivity index (χ2v) is 15.2. The Bertz CT molecular complexity index is 227. The van der Waals surface area contributed by atoms with E-state index in [1.165, 1.54) is 0 Å². The molecule has 0 aliphatic rings. The summed E-state index contributed by atoms with van der Waals surface area (Å²) in [7, 11) is -2.40. The minimum Gasteiger partial charge on any atom is -0.412 e. The number of nitrogens with zero attached hydrogens (tertiary/aromatic N) is 4. The average molecular weight is 246 g/mol. The highest BCUT2D eigenvalue weighted by molar-refractivity contribution is 6.99. The molecule has 0 heterocycles. The van der Waals surface area contributed by atoms with Crippen LogP contribution in [0.15, 0.2) is 0 Å². The summed E-state index contributed by atoms with van der Waals surface area (Å²) in [6, 6.07) is 0. The molecule has 0 unspecified atom stereocenters. The fraction of sp³-hybridized carbons (Fsp3) is 0.750. The van der Waals surface area contributed by atoms with E-state index in [1.807, 2.05) is 0 Å². The van der Waals surface area contributed by atoms with Gasteiger partial charge in [-0.25, -0.2) is 0 Å². The van der Waals surface area contributed by atoms with Gasteiger partial charge in [0.2, 0.25) is 11.7 Å². The van der Waals surface area contributed by atoms with Gasteiger partial charge in [0.05, 0.1) is 0 Å². The van der Waals surface area contributed by atoms with Crippen LogP contribution in [0.1, 0.15) is 0 Å². The summed E-state index contributed by atoms with van der Waals surface area (Å²) < 4.78 is 0. The van der Waals surface area contributed by atoms with Gasteiger partial charge in [-0.1, -0.05) is 39.3 Å². The van der Waals surface area contributed by atoms with Crippen molar-refractivity contribution in [3.8, 4) is 0 Å². The third-order valence-corrected chi connectivity index (χ3v) is 2.67. The molecule has 0 aromatic heterocycles. The molecule has 0 aliphatic heterocycles. The van der Waals surface area contributed by atoms with Gasteiger partial charge < -0.3 is 16.5 Å². The van der Waals surface area contributed by atoms with Crippen molar-refractivity contribution in [1.29, 1.82) is 0 Å². The minimum absolute atomic E-state index is 0. The van der Waals surface area contributed by atoms with Crippen molar-refractivity contribution in [2.24, 2.45) is 0 Å². The summed E-state index contributed by atoms with van der Waals surface area (Å²) in [5.74, 6) is 3.26. The van der Waals surface area contributed by atoms with E-state index in [2.05, 4.69) is 48.9 Å². The van der Waals surface area contributed by atoms with Crippen LogP contribution in [0.4, 0.5) is 0 Å². The van der Waals surface area contributed by atoms with Crippen LogP contribution in [0.3, 0.4) is 0 Å². The lowest BCUT2D eigenvalue weighted by atomic mass is 11.7. The topological polar surface area (TPSA) is 104 Å². The van der Waals surface area contributed by atoms with Gasteiger partial charge in [-0.05, 0) is 0 Å². The third kappa shape index (κ3) is 32.0. The Morgan fingerprint density at radius 2 is 0.933 bits per heavy atom. The molecular formula is C8H22N4OSi2. The number of hydrogen-bond donors (Lipinski definition) is 0. The van der Waals surface area contributed by atoms with E-state index in [1.54, 1.807) is 11.7 Å². The van der Waals surface area contributed by atoms with E-state index < -0.39 is 16.1 Å². The smallest absolute Gasteiger partial charge is 0.226 e. The van der Waals surface area contributed by atoms with Crippen LogP contribution < -0.4 is 0 Å². The van der Waals surface area contributed by atoms with Crippen LogP contribution in [0.2, 0.25) is 39.3 Å². The standard InChI is InChI=1S/2C4H10N2Si.H2O/c2*1-7(2,3)4-6-5;/h2*4H,1-3H3;1H2. The Labute approximate surface area is 93.7 Å². The Balaban J connectivity index is -0.000000180. The van der Waals surface area contributed by atoms with Crippen LogP contribution in [-0.4, -0.2) is 42.9 Å². The summed E-state index contributed by atoms with van der Waals surface area (Å²) in [5.41, 5.74) is 16.0. The molecule has 88 valence electrons. The van der Waals surface area contributed by atoms with E-state index in [0.717, 1.165) is 0 Å². The molecule has 0 aromatic rings. The zero-order chi connectivity index (χ0) is 11.8. The molecular weight excluding hydrogens is 224 g/mol. The van der Waals surface area contributed by atoms with Gasteiger partial charge in [-0.15, -0.1) is 0 Å². The second-order valence-electron chi connectivity index (χ2n) is 5.22. The van der Waals surface area contributed by atoms with Crippen LogP contribution in [-0.2, 0) is 0 Å². The molecule has 0 saturated heterocycles. The number of hydrogen-bond acceptors (Lipinski definition) is 0. The molecule has 15 heavy (non-hydrogen) atoms. The van der Waals surface area contributed by atoms with E-state index in [0.29, 0.717) is 0 Å². The summed E-state index contributed by atoms with van der Waals surface area (Å²) in [4.78, 5) is 5.89. The predicted octanol–water partition coefficient (Wildman–Crippen LogP) is 1.50. The maximum Gasteiger partial charge on any atom is 0.226 e. The first-order valence-electron chi connectivity index (χ1n) is 4.49. The van der Waals surface area contributed by atoms with Gasteiger partial charge in [-0.3, -0.25) is 0 Å². The molecule has 0 radical (unpaired) electrons. The molecule has 0 bridgehead atoms. The van der Waals surface area contributed by atoms with Crippen LogP contribution in [0, 0.1) is 0 Å². The maximum absolute atomic E-state index is 8.01. The van der Waals surface area contributed by atoms with Crippen LogP contribution in [0.25, 0.3) is 11.1 Å². The molecule has 0 spiro atoms. The average Bonchev–Trinajstić information content (AvgIpc) is 1.81. The van der Waals surface area contributed by atoms with Crippen molar-refractivity contribution in [2.75, 3.05) is 0 Å². The zero-order valence-electron chi connectivity index (χ0n) is 10.4. The maximum atomic E-state index is 8.01. The van der Waals surface area contributed by atoms with Gasteiger partial charge in [0.1, 0.15) is 0 Å². The number of rotatable bonds is 2. The summed E-state index contributed by atoms with van der Waals surface area (Å²) in [6.07, 6.45) is 0. The lowest BCUT2D eigenvalue weighted by Gasteiger charge is -1.95. The first kappa shape index (κ1) is 19.7. The summed E-state index contributed by atoms with van der Waals surface area (Å²) in [5, 5.41) is 0. The monoisotopic (exact) mass is 246 g/mol. The highest BCUT2D eigenvalue weighted by atomic mass is 28.3. The van der Waals surface area contributed by atoms with Gasteiger partial charge in [0.15, 0.2) is 16.1 Å². The zero-order valence-corrected chi connectivity index (χ0v) is 12.4. The highest BCUT2D eigenvalue weighted by Gasteiger charge is 2.14. The Morgan fingerprint density at radius 3 is 0.933 bits per heavy atom. The van der Waals surface area contributed by atoms with Crippen molar-refractivity contribution in [1.82, 2.24) is 0 Å². The third-order valence-electron chi connectivity index (χ3n) is 0.890. The molecule has 0 aliphatic carbocycles. The molecule has 7 heteroatoms. The summed E-state index contributed by atoms with van der Waals surface area (Å²) in [6.45, 7) is 12.6. The second kappa shape index (κ2) is 8.46. The van der Waals surface area contributed by atoms with Crippen molar-refractivity contribution < 1.29 is 15.1 Å². The lowest BCUT2D eigenvalue weighted by Crippen LogP contribution is -2.22. The van der Waals surface area contributed by atoms with Crippen molar-refractivity contribution in [3.63, 3.8) is 0 Å².